The van der Waals surface area contributed by atoms with E-state index in [-0.39, 0.29) is 30.6 Å². The van der Waals surface area contributed by atoms with Crippen molar-refractivity contribution in [2.24, 2.45) is 11.7 Å². The molecule has 2 aromatic rings. The molecule has 176 valence electrons. The molecule has 32 heavy (non-hydrogen) atoms. The zero-order valence-electron chi connectivity index (χ0n) is 19.6. The maximum atomic E-state index is 13.0. The van der Waals surface area contributed by atoms with Crippen LogP contribution >= 0.6 is 0 Å². The molecule has 2 rings (SSSR count). The van der Waals surface area contributed by atoms with E-state index in [0.717, 1.165) is 35.7 Å². The van der Waals surface area contributed by atoms with Gasteiger partial charge in [0.1, 0.15) is 5.78 Å². The highest BCUT2D eigenvalue weighted by Crippen LogP contribution is 2.23. The molecule has 0 bridgehead atoms. The fourth-order valence-corrected chi connectivity index (χ4v) is 4.19. The summed E-state index contributed by atoms with van der Waals surface area (Å²) in [5.74, 6) is -0.999. The number of unbranched alkanes of at least 4 members (excludes halogenated alkanes) is 6. The van der Waals surface area contributed by atoms with Crippen molar-refractivity contribution < 1.29 is 14.4 Å². The number of rotatable bonds is 16. The Balaban J connectivity index is 1.96. The summed E-state index contributed by atoms with van der Waals surface area (Å²) in [6.45, 7) is 3.96. The number of hydrogen-bond acceptors (Lipinski definition) is 3. The Hall–Kier alpha value is -2.63. The Bertz CT molecular complexity index is 874. The third kappa shape index (κ3) is 8.85. The molecule has 0 aliphatic heterocycles. The molecule has 1 aromatic heterocycles. The number of amides is 2. The minimum atomic E-state index is -0.471. The Morgan fingerprint density at radius 1 is 1.00 bits per heavy atom. The van der Waals surface area contributed by atoms with Crippen LogP contribution in [0.2, 0.25) is 0 Å². The van der Waals surface area contributed by atoms with Crippen molar-refractivity contribution >= 4 is 28.5 Å². The van der Waals surface area contributed by atoms with Crippen LogP contribution < -0.4 is 11.1 Å². The lowest BCUT2D eigenvalue weighted by Crippen LogP contribution is -2.40. The fourth-order valence-electron chi connectivity index (χ4n) is 4.19. The van der Waals surface area contributed by atoms with Gasteiger partial charge in [0, 0.05) is 48.3 Å². The molecule has 0 saturated heterocycles. The van der Waals surface area contributed by atoms with Crippen LogP contribution in [0.3, 0.4) is 0 Å². The first-order valence-corrected chi connectivity index (χ1v) is 12.1. The third-order valence-corrected chi connectivity index (χ3v) is 5.94. The first-order chi connectivity index (χ1) is 15.4. The van der Waals surface area contributed by atoms with E-state index in [0.29, 0.717) is 12.8 Å². The molecular formula is C26H39N3O3. The molecule has 0 saturated carbocycles. The number of nitrogens with two attached hydrogens (primary N) is 1. The van der Waals surface area contributed by atoms with Crippen molar-refractivity contribution in [2.75, 3.05) is 0 Å². The number of primary amides is 1. The Labute approximate surface area is 191 Å². The number of ketones is 1. The van der Waals surface area contributed by atoms with E-state index in [1.807, 2.05) is 30.5 Å². The summed E-state index contributed by atoms with van der Waals surface area (Å²) in [5, 5.41) is 3.94. The number of aromatic amines is 1. The van der Waals surface area contributed by atoms with Crippen LogP contribution in [0, 0.1) is 5.92 Å². The molecule has 6 heteroatoms. The van der Waals surface area contributed by atoms with Crippen LogP contribution in [0.1, 0.15) is 83.6 Å². The lowest BCUT2D eigenvalue weighted by atomic mass is 9.91. The normalized spacial score (nSPS) is 13.1. The van der Waals surface area contributed by atoms with Crippen LogP contribution in [0.25, 0.3) is 10.9 Å². The number of Topliss-reactive ketones (excluding diaryl/α,β-unsaturated/α-hetero) is 1. The highest BCUT2D eigenvalue weighted by Gasteiger charge is 2.25. The highest BCUT2D eigenvalue weighted by atomic mass is 16.2. The molecular weight excluding hydrogens is 402 g/mol. The second kappa shape index (κ2) is 13.7. The molecule has 2 atom stereocenters. The predicted molar refractivity (Wildman–Crippen MR) is 129 cm³/mol. The molecule has 2 amide bonds. The lowest BCUT2D eigenvalue weighted by molar-refractivity contribution is -0.130. The van der Waals surface area contributed by atoms with Crippen molar-refractivity contribution in [1.82, 2.24) is 10.3 Å². The van der Waals surface area contributed by atoms with Crippen LogP contribution in [0.5, 0.6) is 0 Å². The Morgan fingerprint density at radius 2 is 1.69 bits per heavy atom. The van der Waals surface area contributed by atoms with Gasteiger partial charge in [-0.3, -0.25) is 14.4 Å². The van der Waals surface area contributed by atoms with Gasteiger partial charge >= 0.3 is 0 Å². The molecule has 6 nitrogen and oxygen atoms in total. The standard InChI is InChI=1S/C26H39N3O3/c1-3-4-5-6-7-8-9-12-22(30)17-20(26(32)29-19(2)15-25(27)31)16-21-18-28-24-14-11-10-13-23(21)24/h10-11,13-14,18-20,28H,3-9,12,15-17H2,1-2H3,(H2,27,31)(H,29,32). The minimum absolute atomic E-state index is 0.0809. The first kappa shape index (κ1) is 25.6. The molecule has 2 unspecified atom stereocenters. The van der Waals surface area contributed by atoms with E-state index >= 15 is 0 Å². The van der Waals surface area contributed by atoms with Gasteiger partial charge in [-0.15, -0.1) is 0 Å². The van der Waals surface area contributed by atoms with E-state index in [1.165, 1.54) is 25.7 Å². The number of hydrogen-bond donors (Lipinski definition) is 3. The zero-order valence-corrected chi connectivity index (χ0v) is 19.6. The number of aromatic nitrogens is 1. The fraction of sp³-hybridized carbons (Fsp3) is 0.577. The van der Waals surface area contributed by atoms with E-state index in [9.17, 15) is 14.4 Å². The molecule has 0 aliphatic carbocycles. The van der Waals surface area contributed by atoms with Gasteiger partial charge in [0.2, 0.25) is 11.8 Å². The summed E-state index contributed by atoms with van der Waals surface area (Å²) < 4.78 is 0. The van der Waals surface area contributed by atoms with E-state index in [4.69, 9.17) is 5.73 Å². The number of H-pyrrole nitrogens is 1. The summed E-state index contributed by atoms with van der Waals surface area (Å²) in [7, 11) is 0. The zero-order chi connectivity index (χ0) is 23.3. The maximum Gasteiger partial charge on any atom is 0.224 e. The van der Waals surface area contributed by atoms with Gasteiger partial charge in [-0.2, -0.15) is 0 Å². The monoisotopic (exact) mass is 441 g/mol. The summed E-state index contributed by atoms with van der Waals surface area (Å²) in [6.07, 6.45) is 11.3. The van der Waals surface area contributed by atoms with Crippen LogP contribution in [0.15, 0.2) is 30.5 Å². The average molecular weight is 442 g/mol. The lowest BCUT2D eigenvalue weighted by Gasteiger charge is -2.19. The summed E-state index contributed by atoms with van der Waals surface area (Å²) >= 11 is 0. The molecule has 0 radical (unpaired) electrons. The van der Waals surface area contributed by atoms with Crippen molar-refractivity contribution in [2.45, 2.75) is 90.5 Å². The van der Waals surface area contributed by atoms with Crippen molar-refractivity contribution in [3.63, 3.8) is 0 Å². The SMILES string of the molecule is CCCCCCCCCC(=O)CC(Cc1c[nH]c2ccccc12)C(=O)NC(C)CC(N)=O. The van der Waals surface area contributed by atoms with Gasteiger partial charge in [0.15, 0.2) is 0 Å². The van der Waals surface area contributed by atoms with Gasteiger partial charge in [-0.1, -0.05) is 63.6 Å². The van der Waals surface area contributed by atoms with E-state index in [1.54, 1.807) is 6.92 Å². The number of benzene rings is 1. The van der Waals surface area contributed by atoms with Crippen LogP contribution in [-0.4, -0.2) is 28.6 Å². The summed E-state index contributed by atoms with van der Waals surface area (Å²) in [5.41, 5.74) is 7.29. The Morgan fingerprint density at radius 3 is 2.41 bits per heavy atom. The molecule has 1 aromatic carbocycles. The van der Waals surface area contributed by atoms with Gasteiger partial charge in [-0.05, 0) is 31.4 Å². The maximum absolute atomic E-state index is 13.0. The van der Waals surface area contributed by atoms with Gasteiger partial charge in [-0.25, -0.2) is 0 Å². The first-order valence-electron chi connectivity index (χ1n) is 12.1. The van der Waals surface area contributed by atoms with Gasteiger partial charge in [0.05, 0.1) is 0 Å². The number of nitrogens with one attached hydrogen (secondary N) is 2. The number of fused-ring (bicyclic) bond motifs is 1. The van der Waals surface area contributed by atoms with E-state index < -0.39 is 11.8 Å². The van der Waals surface area contributed by atoms with Crippen molar-refractivity contribution in [1.29, 1.82) is 0 Å². The third-order valence-electron chi connectivity index (χ3n) is 5.94. The van der Waals surface area contributed by atoms with Crippen molar-refractivity contribution in [3.05, 3.63) is 36.0 Å². The topological polar surface area (TPSA) is 105 Å². The smallest absolute Gasteiger partial charge is 0.224 e. The molecule has 4 N–H and O–H groups in total. The van der Waals surface area contributed by atoms with Crippen molar-refractivity contribution in [3.8, 4) is 0 Å². The second-order valence-corrected chi connectivity index (χ2v) is 8.95. The summed E-state index contributed by atoms with van der Waals surface area (Å²) in [4.78, 5) is 40.1. The molecule has 0 spiro atoms. The molecule has 1 heterocycles. The molecule has 0 aliphatic rings. The highest BCUT2D eigenvalue weighted by molar-refractivity contribution is 5.89. The second-order valence-electron chi connectivity index (χ2n) is 8.95. The van der Waals surface area contributed by atoms with E-state index in [2.05, 4.69) is 17.2 Å². The van der Waals surface area contributed by atoms with Gasteiger partial charge in [0.25, 0.3) is 0 Å². The largest absolute Gasteiger partial charge is 0.370 e. The van der Waals surface area contributed by atoms with Crippen LogP contribution in [0.4, 0.5) is 0 Å². The average Bonchev–Trinajstić information content (AvgIpc) is 3.15. The molecule has 0 fully saturated rings. The van der Waals surface area contributed by atoms with Gasteiger partial charge < -0.3 is 16.0 Å². The predicted octanol–water partition coefficient (Wildman–Crippen LogP) is 4.81. The van der Waals surface area contributed by atoms with Crippen LogP contribution in [-0.2, 0) is 20.8 Å². The minimum Gasteiger partial charge on any atom is -0.370 e. The summed E-state index contributed by atoms with van der Waals surface area (Å²) in [6, 6.07) is 7.59. The Kier molecular flexibility index (Phi) is 11.0. The number of para-hydroxylation sites is 1. The number of carbonyl (C=O) groups is 3. The number of carbonyl (C=O) groups excluding carboxylic acids is 3. The quantitative estimate of drug-likeness (QED) is 0.326.